The Kier molecular flexibility index (Phi) is 8.97. The van der Waals surface area contributed by atoms with Crippen LogP contribution >= 0.6 is 23.2 Å². The Morgan fingerprint density at radius 1 is 1.16 bits per heavy atom. The third-order valence-corrected chi connectivity index (χ3v) is 8.24. The van der Waals surface area contributed by atoms with Gasteiger partial charge in [0.05, 0.1) is 29.2 Å². The van der Waals surface area contributed by atoms with Gasteiger partial charge >= 0.3 is 10.1 Å². The lowest BCUT2D eigenvalue weighted by atomic mass is 9.95. The highest BCUT2D eigenvalue weighted by Crippen LogP contribution is 2.34. The highest BCUT2D eigenvalue weighted by molar-refractivity contribution is 7.87. The first kappa shape index (κ1) is 28.4. The maximum absolute atomic E-state index is 13.4. The Morgan fingerprint density at radius 3 is 2.47 bits per heavy atom. The molecule has 4 rings (SSSR count). The van der Waals surface area contributed by atoms with Crippen molar-refractivity contribution < 1.29 is 27.0 Å². The Bertz CT molecular complexity index is 1410. The number of rotatable bonds is 9. The molecule has 1 amide bonds. The lowest BCUT2D eigenvalue weighted by Crippen LogP contribution is -2.39. The van der Waals surface area contributed by atoms with E-state index in [4.69, 9.17) is 27.4 Å². The summed E-state index contributed by atoms with van der Waals surface area (Å²) in [5.41, 5.74) is 1.57. The topological polar surface area (TPSA) is 102 Å². The second-order valence-corrected chi connectivity index (χ2v) is 11.7. The smallest absolute Gasteiger partial charge is 0.309 e. The summed E-state index contributed by atoms with van der Waals surface area (Å²) in [5.74, 6) is -0.645. The van der Waals surface area contributed by atoms with Crippen LogP contribution in [0.1, 0.15) is 54.7 Å². The molecule has 0 spiro atoms. The number of aromatic nitrogens is 2. The van der Waals surface area contributed by atoms with Crippen molar-refractivity contribution in [2.45, 2.75) is 51.5 Å². The van der Waals surface area contributed by atoms with Crippen LogP contribution in [-0.2, 0) is 10.1 Å². The molecule has 1 aromatic heterocycles. The molecule has 0 bridgehead atoms. The molecular formula is C26H28Cl2FN3O5S. The fourth-order valence-electron chi connectivity index (χ4n) is 4.54. The number of nitrogens with zero attached hydrogens (tertiary/aromatic N) is 3. The maximum Gasteiger partial charge on any atom is 0.309 e. The minimum absolute atomic E-state index is 0.0617. The van der Waals surface area contributed by atoms with Crippen LogP contribution < -0.4 is 4.18 Å². The van der Waals surface area contributed by atoms with Crippen molar-refractivity contribution in [3.05, 3.63) is 63.9 Å². The summed E-state index contributed by atoms with van der Waals surface area (Å²) in [7, 11) is -3.94. The number of imidazole rings is 1. The number of hydrogen-bond donors (Lipinski definition) is 1. The molecule has 3 aromatic rings. The first-order valence-electron chi connectivity index (χ1n) is 12.3. The largest absolute Gasteiger partial charge is 0.382 e. The maximum atomic E-state index is 13.4. The van der Waals surface area contributed by atoms with Crippen molar-refractivity contribution >= 4 is 39.2 Å². The van der Waals surface area contributed by atoms with Crippen LogP contribution in [0.2, 0.25) is 10.0 Å². The average molecular weight is 584 g/mol. The highest BCUT2D eigenvalue weighted by atomic mass is 35.5. The second-order valence-electron chi connectivity index (χ2n) is 9.15. The van der Waals surface area contributed by atoms with Crippen LogP contribution in [0.15, 0.2) is 42.5 Å². The summed E-state index contributed by atoms with van der Waals surface area (Å²) in [6.45, 7) is 0.943. The van der Waals surface area contributed by atoms with Crippen LogP contribution in [0.5, 0.6) is 5.75 Å². The van der Waals surface area contributed by atoms with E-state index in [0.717, 1.165) is 24.3 Å². The van der Waals surface area contributed by atoms with Crippen LogP contribution in [0.25, 0.3) is 17.1 Å². The van der Waals surface area contributed by atoms with Gasteiger partial charge in [-0.1, -0.05) is 42.5 Å². The summed E-state index contributed by atoms with van der Waals surface area (Å²) in [5, 5.41) is 12.3. The second kappa shape index (κ2) is 12.0. The third kappa shape index (κ3) is 6.31. The van der Waals surface area contributed by atoms with Gasteiger partial charge in [0, 0.05) is 16.3 Å². The number of halogens is 3. The standard InChI is InChI=1S/C26H28Cl2FN3O5S/c1-17-24(26(33)32(34)20-6-3-2-4-7-20)30-25(22-13-8-18(27)16-23(22)28)31(17)19-9-11-21(12-10-19)37-38(35,36)15-5-14-29/h8-13,16,20,34H,2-7,14-15H2,1H3. The van der Waals surface area contributed by atoms with Gasteiger partial charge < -0.3 is 4.18 Å². The van der Waals surface area contributed by atoms with E-state index >= 15 is 0 Å². The molecule has 0 unspecified atom stereocenters. The summed E-state index contributed by atoms with van der Waals surface area (Å²) < 4.78 is 43.3. The van der Waals surface area contributed by atoms with Crippen molar-refractivity contribution in [2.75, 3.05) is 12.4 Å². The molecule has 0 saturated heterocycles. The summed E-state index contributed by atoms with van der Waals surface area (Å²) in [6, 6.07) is 10.7. The third-order valence-electron chi connectivity index (χ3n) is 6.46. The summed E-state index contributed by atoms with van der Waals surface area (Å²) >= 11 is 12.6. The Morgan fingerprint density at radius 2 is 1.84 bits per heavy atom. The van der Waals surface area contributed by atoms with Gasteiger partial charge in [-0.25, -0.2) is 10.0 Å². The molecule has 0 radical (unpaired) electrons. The Labute approximate surface area is 231 Å². The Hall–Kier alpha value is -2.66. The van der Waals surface area contributed by atoms with Crippen molar-refractivity contribution in [1.29, 1.82) is 0 Å². The zero-order chi connectivity index (χ0) is 27.4. The van der Waals surface area contributed by atoms with Crippen molar-refractivity contribution in [1.82, 2.24) is 14.6 Å². The van der Waals surface area contributed by atoms with Gasteiger partial charge in [0.15, 0.2) is 5.69 Å². The molecule has 1 aliphatic carbocycles. The number of hydroxylamine groups is 2. The molecule has 12 heteroatoms. The first-order valence-corrected chi connectivity index (χ1v) is 14.6. The van der Waals surface area contributed by atoms with Crippen molar-refractivity contribution in [3.63, 3.8) is 0 Å². The number of amides is 1. The number of alkyl halides is 1. The lowest BCUT2D eigenvalue weighted by molar-refractivity contribution is -0.0967. The van der Waals surface area contributed by atoms with Gasteiger partial charge in [0.1, 0.15) is 11.6 Å². The van der Waals surface area contributed by atoms with Gasteiger partial charge in [0.2, 0.25) is 0 Å². The molecule has 1 N–H and O–H groups in total. The quantitative estimate of drug-likeness (QED) is 0.178. The van der Waals surface area contributed by atoms with Crippen LogP contribution in [0, 0.1) is 6.92 Å². The predicted molar refractivity (Wildman–Crippen MR) is 144 cm³/mol. The number of hydrogen-bond acceptors (Lipinski definition) is 6. The van der Waals surface area contributed by atoms with Crippen LogP contribution in [0.4, 0.5) is 4.39 Å². The number of benzene rings is 2. The molecule has 1 aliphatic rings. The lowest BCUT2D eigenvalue weighted by Gasteiger charge is -2.28. The molecule has 8 nitrogen and oxygen atoms in total. The zero-order valence-corrected chi connectivity index (χ0v) is 23.1. The predicted octanol–water partition coefficient (Wildman–Crippen LogP) is 6.39. The van der Waals surface area contributed by atoms with E-state index in [2.05, 4.69) is 4.98 Å². The number of carbonyl (C=O) groups is 1. The van der Waals surface area contributed by atoms with Gasteiger partial charge in [-0.05, 0) is 68.7 Å². The normalized spacial score (nSPS) is 14.4. The van der Waals surface area contributed by atoms with E-state index in [1.807, 2.05) is 0 Å². The molecule has 1 saturated carbocycles. The fraction of sp³-hybridized carbons (Fsp3) is 0.385. The van der Waals surface area contributed by atoms with Gasteiger partial charge in [-0.3, -0.25) is 19.0 Å². The fourth-order valence-corrected chi connectivity index (χ4v) is 5.99. The molecule has 204 valence electrons. The average Bonchev–Trinajstić information content (AvgIpc) is 3.24. The van der Waals surface area contributed by atoms with Gasteiger partial charge in [-0.15, -0.1) is 0 Å². The first-order chi connectivity index (χ1) is 18.1. The molecule has 2 aromatic carbocycles. The van der Waals surface area contributed by atoms with E-state index in [1.54, 1.807) is 41.8 Å². The SMILES string of the molecule is Cc1c(C(=O)N(O)C2CCCCC2)nc(-c2ccc(Cl)cc2Cl)n1-c1ccc(OS(=O)(=O)CCCF)cc1. The molecule has 38 heavy (non-hydrogen) atoms. The molecule has 1 fully saturated rings. The van der Waals surface area contributed by atoms with Gasteiger partial charge in [-0.2, -0.15) is 8.42 Å². The summed E-state index contributed by atoms with van der Waals surface area (Å²) in [6.07, 6.45) is 4.22. The Balaban J connectivity index is 1.74. The van der Waals surface area contributed by atoms with Crippen LogP contribution in [-0.4, -0.2) is 52.6 Å². The van der Waals surface area contributed by atoms with E-state index in [1.165, 1.54) is 12.1 Å². The molecular weight excluding hydrogens is 556 g/mol. The van der Waals surface area contributed by atoms with Crippen molar-refractivity contribution in [3.8, 4) is 22.8 Å². The molecule has 0 atom stereocenters. The zero-order valence-electron chi connectivity index (χ0n) is 20.7. The molecule has 1 heterocycles. The van der Waals surface area contributed by atoms with Gasteiger partial charge in [0.25, 0.3) is 5.91 Å². The number of carbonyl (C=O) groups excluding carboxylic acids is 1. The van der Waals surface area contributed by atoms with Crippen LogP contribution in [0.3, 0.4) is 0 Å². The van der Waals surface area contributed by atoms with E-state index < -0.39 is 28.5 Å². The minimum atomic E-state index is -3.94. The monoisotopic (exact) mass is 583 g/mol. The van der Waals surface area contributed by atoms with E-state index in [-0.39, 0.29) is 23.9 Å². The highest BCUT2D eigenvalue weighted by Gasteiger charge is 2.30. The minimum Gasteiger partial charge on any atom is -0.382 e. The van der Waals surface area contributed by atoms with E-state index in [9.17, 15) is 22.8 Å². The molecule has 0 aliphatic heterocycles. The van der Waals surface area contributed by atoms with Crippen molar-refractivity contribution in [2.24, 2.45) is 0 Å². The van der Waals surface area contributed by atoms with E-state index in [0.29, 0.717) is 45.7 Å². The summed E-state index contributed by atoms with van der Waals surface area (Å²) in [4.78, 5) is 18.0.